The average molecular weight is 292 g/mol. The molecule has 0 unspecified atom stereocenters. The van der Waals surface area contributed by atoms with E-state index in [1.165, 1.54) is 6.07 Å². The van der Waals surface area contributed by atoms with Gasteiger partial charge in [0.1, 0.15) is 5.82 Å². The number of nitrogens with one attached hydrogen (secondary N) is 1. The monoisotopic (exact) mass is 292 g/mol. The first kappa shape index (κ1) is 13.8. The summed E-state index contributed by atoms with van der Waals surface area (Å²) in [5, 5.41) is 16.0. The maximum atomic E-state index is 13.9. The Hall–Kier alpha value is -3.13. The van der Waals surface area contributed by atoms with Gasteiger partial charge in [0, 0.05) is 18.9 Å². The van der Waals surface area contributed by atoms with Crippen molar-refractivity contribution in [3.63, 3.8) is 0 Å². The smallest absolute Gasteiger partial charge is 0.147 e. The molecule has 4 nitrogen and oxygen atoms in total. The lowest BCUT2D eigenvalue weighted by Crippen LogP contribution is -2.06. The quantitative estimate of drug-likeness (QED) is 0.800. The van der Waals surface area contributed by atoms with Crippen molar-refractivity contribution in [3.8, 4) is 11.8 Å². The van der Waals surface area contributed by atoms with Gasteiger partial charge in [-0.05, 0) is 35.9 Å². The number of hydrogen-bond acceptors (Lipinski definition) is 3. The second kappa shape index (κ2) is 6.10. The third-order valence-corrected chi connectivity index (χ3v) is 3.31. The zero-order valence-electron chi connectivity index (χ0n) is 11.7. The highest BCUT2D eigenvalue weighted by Crippen LogP contribution is 2.19. The Morgan fingerprint density at radius 3 is 2.77 bits per heavy atom. The predicted molar refractivity (Wildman–Crippen MR) is 82.0 cm³/mol. The van der Waals surface area contributed by atoms with E-state index in [9.17, 15) is 4.39 Å². The maximum absolute atomic E-state index is 13.9. The minimum atomic E-state index is -0.435. The van der Waals surface area contributed by atoms with Crippen LogP contribution in [-0.4, -0.2) is 9.78 Å². The number of para-hydroxylation sites is 1. The molecule has 22 heavy (non-hydrogen) atoms. The zero-order chi connectivity index (χ0) is 15.4. The second-order valence-electron chi connectivity index (χ2n) is 4.74. The number of benzene rings is 2. The van der Waals surface area contributed by atoms with E-state index in [2.05, 4.69) is 10.4 Å². The molecule has 0 saturated heterocycles. The lowest BCUT2D eigenvalue weighted by Gasteiger charge is -2.12. The molecule has 0 radical (unpaired) electrons. The molecule has 0 aliphatic carbocycles. The highest BCUT2D eigenvalue weighted by Gasteiger charge is 2.07. The van der Waals surface area contributed by atoms with E-state index in [1.807, 2.05) is 42.6 Å². The molecule has 2 aromatic carbocycles. The fourth-order valence-corrected chi connectivity index (χ4v) is 2.21. The van der Waals surface area contributed by atoms with E-state index >= 15 is 0 Å². The van der Waals surface area contributed by atoms with E-state index in [0.717, 1.165) is 11.3 Å². The maximum Gasteiger partial charge on any atom is 0.147 e. The molecule has 3 aromatic rings. The average Bonchev–Trinajstić information content (AvgIpc) is 3.08. The molecule has 0 bridgehead atoms. The molecule has 1 N–H and O–H groups in total. The molecule has 0 spiro atoms. The van der Waals surface area contributed by atoms with Crippen molar-refractivity contribution < 1.29 is 4.39 Å². The SMILES string of the molecule is N#Cc1ccc(NCc2ccccc2-n2cccn2)c(F)c1. The first-order chi connectivity index (χ1) is 10.8. The molecule has 0 aliphatic rings. The Balaban J connectivity index is 1.82. The molecule has 1 aromatic heterocycles. The number of nitriles is 1. The molecule has 0 amide bonds. The Bertz CT molecular complexity index is 819. The summed E-state index contributed by atoms with van der Waals surface area (Å²) < 4.78 is 15.7. The van der Waals surface area contributed by atoms with Crippen LogP contribution in [0.2, 0.25) is 0 Å². The van der Waals surface area contributed by atoms with Gasteiger partial charge in [-0.25, -0.2) is 9.07 Å². The number of halogens is 1. The van der Waals surface area contributed by atoms with Crippen LogP contribution in [0.4, 0.5) is 10.1 Å². The third kappa shape index (κ3) is 2.81. The van der Waals surface area contributed by atoms with Crippen LogP contribution in [-0.2, 0) is 6.54 Å². The summed E-state index contributed by atoms with van der Waals surface area (Å²) in [5.41, 5.74) is 2.61. The lowest BCUT2D eigenvalue weighted by atomic mass is 10.1. The van der Waals surface area contributed by atoms with E-state index in [4.69, 9.17) is 5.26 Å². The summed E-state index contributed by atoms with van der Waals surface area (Å²) in [7, 11) is 0. The topological polar surface area (TPSA) is 53.6 Å². The molecular formula is C17H13FN4. The standard InChI is InChI=1S/C17H13FN4/c18-15-10-13(11-19)6-7-16(15)20-12-14-4-1-2-5-17(14)22-9-3-8-21-22/h1-10,20H,12H2. The number of nitrogens with zero attached hydrogens (tertiary/aromatic N) is 3. The molecule has 108 valence electrons. The van der Waals surface area contributed by atoms with Gasteiger partial charge in [0.25, 0.3) is 0 Å². The summed E-state index contributed by atoms with van der Waals surface area (Å²) in [5.74, 6) is -0.435. The van der Waals surface area contributed by atoms with Crippen molar-refractivity contribution in [2.75, 3.05) is 5.32 Å². The van der Waals surface area contributed by atoms with Gasteiger partial charge in [0.15, 0.2) is 0 Å². The van der Waals surface area contributed by atoms with Crippen LogP contribution in [0.25, 0.3) is 5.69 Å². The van der Waals surface area contributed by atoms with Crippen molar-refractivity contribution in [3.05, 3.63) is 77.9 Å². The van der Waals surface area contributed by atoms with Crippen molar-refractivity contribution >= 4 is 5.69 Å². The van der Waals surface area contributed by atoms with Crippen molar-refractivity contribution in [2.45, 2.75) is 6.54 Å². The number of aromatic nitrogens is 2. The molecule has 0 fully saturated rings. The summed E-state index contributed by atoms with van der Waals surface area (Å²) in [6.45, 7) is 0.457. The first-order valence-corrected chi connectivity index (χ1v) is 6.79. The van der Waals surface area contributed by atoms with Crippen LogP contribution in [0.3, 0.4) is 0 Å². The molecule has 1 heterocycles. The van der Waals surface area contributed by atoms with Gasteiger partial charge in [-0.1, -0.05) is 18.2 Å². The van der Waals surface area contributed by atoms with Gasteiger partial charge in [-0.15, -0.1) is 0 Å². The molecule has 3 rings (SSSR count). The van der Waals surface area contributed by atoms with Crippen LogP contribution < -0.4 is 5.32 Å². The Labute approximate surface area is 127 Å². The van der Waals surface area contributed by atoms with Crippen LogP contribution in [0, 0.1) is 17.1 Å². The van der Waals surface area contributed by atoms with Gasteiger partial charge in [-0.3, -0.25) is 0 Å². The lowest BCUT2D eigenvalue weighted by molar-refractivity contribution is 0.629. The molecule has 0 aliphatic heterocycles. The van der Waals surface area contributed by atoms with Crippen molar-refractivity contribution in [1.29, 1.82) is 5.26 Å². The Morgan fingerprint density at radius 2 is 2.05 bits per heavy atom. The highest BCUT2D eigenvalue weighted by atomic mass is 19.1. The van der Waals surface area contributed by atoms with E-state index in [0.29, 0.717) is 17.8 Å². The highest BCUT2D eigenvalue weighted by molar-refractivity contribution is 5.50. The van der Waals surface area contributed by atoms with Gasteiger partial charge >= 0.3 is 0 Å². The van der Waals surface area contributed by atoms with Crippen LogP contribution in [0.15, 0.2) is 60.9 Å². The van der Waals surface area contributed by atoms with Crippen molar-refractivity contribution in [2.24, 2.45) is 0 Å². The zero-order valence-corrected chi connectivity index (χ0v) is 11.7. The number of hydrogen-bond donors (Lipinski definition) is 1. The Kier molecular flexibility index (Phi) is 3.84. The fraction of sp³-hybridized carbons (Fsp3) is 0.0588. The molecule has 0 atom stereocenters. The fourth-order valence-electron chi connectivity index (χ4n) is 2.21. The number of rotatable bonds is 4. The second-order valence-corrected chi connectivity index (χ2v) is 4.74. The van der Waals surface area contributed by atoms with Crippen LogP contribution in [0.5, 0.6) is 0 Å². The molecule has 5 heteroatoms. The number of anilines is 1. The summed E-state index contributed by atoms with van der Waals surface area (Å²) >= 11 is 0. The normalized spacial score (nSPS) is 10.2. The van der Waals surface area contributed by atoms with Gasteiger partial charge in [-0.2, -0.15) is 10.4 Å². The van der Waals surface area contributed by atoms with Gasteiger partial charge < -0.3 is 5.32 Å². The minimum absolute atomic E-state index is 0.306. The summed E-state index contributed by atoms with van der Waals surface area (Å²) in [4.78, 5) is 0. The third-order valence-electron chi connectivity index (χ3n) is 3.31. The van der Waals surface area contributed by atoms with Gasteiger partial charge in [0.05, 0.1) is 23.0 Å². The van der Waals surface area contributed by atoms with E-state index < -0.39 is 5.82 Å². The largest absolute Gasteiger partial charge is 0.379 e. The van der Waals surface area contributed by atoms with Crippen LogP contribution in [0.1, 0.15) is 11.1 Å². The minimum Gasteiger partial charge on any atom is -0.379 e. The first-order valence-electron chi connectivity index (χ1n) is 6.79. The summed E-state index contributed by atoms with van der Waals surface area (Å²) in [6, 6.07) is 15.9. The van der Waals surface area contributed by atoms with Crippen molar-refractivity contribution in [1.82, 2.24) is 9.78 Å². The molecule has 0 saturated carbocycles. The van der Waals surface area contributed by atoms with E-state index in [1.54, 1.807) is 23.0 Å². The van der Waals surface area contributed by atoms with Gasteiger partial charge in [0.2, 0.25) is 0 Å². The van der Waals surface area contributed by atoms with E-state index in [-0.39, 0.29) is 0 Å². The Morgan fingerprint density at radius 1 is 1.18 bits per heavy atom. The predicted octanol–water partition coefficient (Wildman–Crippen LogP) is 3.50. The summed E-state index contributed by atoms with van der Waals surface area (Å²) in [6.07, 6.45) is 3.58. The molecular weight excluding hydrogens is 279 g/mol. The van der Waals surface area contributed by atoms with Crippen LogP contribution >= 0.6 is 0 Å².